The summed E-state index contributed by atoms with van der Waals surface area (Å²) in [7, 11) is 1.74. The number of carbonyl (C=O) groups is 1. The predicted molar refractivity (Wildman–Crippen MR) is 71.6 cm³/mol. The van der Waals surface area contributed by atoms with E-state index in [1.54, 1.807) is 43.0 Å². The topological polar surface area (TPSA) is 79.5 Å². The Balaban J connectivity index is 2.27. The molecule has 1 amide bonds. The highest BCUT2D eigenvalue weighted by molar-refractivity contribution is 6.10. The number of rotatable bonds is 3. The highest BCUT2D eigenvalue weighted by Gasteiger charge is 2.11. The average Bonchev–Trinajstić information content (AvgIpc) is 2.85. The fourth-order valence-electron chi connectivity index (χ4n) is 1.69. The van der Waals surface area contributed by atoms with E-state index >= 15 is 0 Å². The minimum absolute atomic E-state index is 0.258. The number of benzene rings is 1. The number of aromatic nitrogens is 2. The Kier molecular flexibility index (Phi) is 3.61. The Bertz CT molecular complexity index is 631. The largest absolute Gasteiger partial charge is 0.411 e. The fraction of sp³-hybridized carbons (Fsp3) is 0.154. The van der Waals surface area contributed by atoms with Gasteiger partial charge in [0, 0.05) is 18.8 Å². The van der Waals surface area contributed by atoms with Crippen molar-refractivity contribution >= 4 is 17.3 Å². The molecule has 0 fully saturated rings. The van der Waals surface area contributed by atoms with Crippen LogP contribution in [-0.2, 0) is 7.05 Å². The molecule has 0 aliphatic rings. The molecule has 0 saturated carbocycles. The van der Waals surface area contributed by atoms with Crippen molar-refractivity contribution in [1.82, 2.24) is 9.78 Å². The Morgan fingerprint density at radius 3 is 2.79 bits per heavy atom. The van der Waals surface area contributed by atoms with Crippen LogP contribution in [0.15, 0.2) is 41.8 Å². The molecule has 6 nitrogen and oxygen atoms in total. The molecule has 0 aliphatic heterocycles. The lowest BCUT2D eigenvalue weighted by Crippen LogP contribution is -2.13. The van der Waals surface area contributed by atoms with Crippen molar-refractivity contribution in [3.05, 3.63) is 47.8 Å². The molecule has 19 heavy (non-hydrogen) atoms. The molecule has 0 spiro atoms. The van der Waals surface area contributed by atoms with Gasteiger partial charge in [0.15, 0.2) is 0 Å². The molecule has 0 aliphatic carbocycles. The molecule has 2 aromatic rings. The second-order valence-electron chi connectivity index (χ2n) is 4.09. The van der Waals surface area contributed by atoms with Crippen LogP contribution < -0.4 is 5.32 Å². The molecule has 0 radical (unpaired) electrons. The molecule has 98 valence electrons. The molecular weight excluding hydrogens is 244 g/mol. The van der Waals surface area contributed by atoms with E-state index in [1.165, 1.54) is 6.20 Å². The van der Waals surface area contributed by atoms with Crippen LogP contribution >= 0.6 is 0 Å². The Morgan fingerprint density at radius 1 is 1.42 bits per heavy atom. The smallest absolute Gasteiger partial charge is 0.258 e. The molecule has 1 aromatic carbocycles. The number of oxime groups is 1. The molecule has 0 atom stereocenters. The van der Waals surface area contributed by atoms with Crippen molar-refractivity contribution in [2.24, 2.45) is 12.2 Å². The number of nitrogens with one attached hydrogen (secondary N) is 1. The van der Waals surface area contributed by atoms with E-state index in [9.17, 15) is 4.79 Å². The van der Waals surface area contributed by atoms with Crippen LogP contribution in [0.1, 0.15) is 22.8 Å². The summed E-state index contributed by atoms with van der Waals surface area (Å²) in [4.78, 5) is 12.0. The van der Waals surface area contributed by atoms with E-state index in [-0.39, 0.29) is 5.91 Å². The molecule has 0 saturated heterocycles. The second-order valence-corrected chi connectivity index (χ2v) is 4.09. The van der Waals surface area contributed by atoms with Crippen molar-refractivity contribution in [2.45, 2.75) is 6.92 Å². The average molecular weight is 258 g/mol. The molecule has 0 bridgehead atoms. The Labute approximate surface area is 110 Å². The van der Waals surface area contributed by atoms with Gasteiger partial charge in [0.25, 0.3) is 5.91 Å². The molecule has 1 aromatic heterocycles. The number of amides is 1. The molecular formula is C13H14N4O2. The number of para-hydroxylation sites is 1. The first kappa shape index (κ1) is 12.8. The highest BCUT2D eigenvalue weighted by Crippen LogP contribution is 2.17. The van der Waals surface area contributed by atoms with Crippen LogP contribution in [-0.4, -0.2) is 26.6 Å². The van der Waals surface area contributed by atoms with Gasteiger partial charge in [-0.05, 0) is 13.0 Å². The molecule has 6 heteroatoms. The van der Waals surface area contributed by atoms with Crippen molar-refractivity contribution in [3.63, 3.8) is 0 Å². The summed E-state index contributed by atoms with van der Waals surface area (Å²) in [6, 6.07) is 7.13. The van der Waals surface area contributed by atoms with Crippen LogP contribution in [0, 0.1) is 0 Å². The quantitative estimate of drug-likeness (QED) is 0.501. The summed E-state index contributed by atoms with van der Waals surface area (Å²) in [5, 5.41) is 18.7. The number of hydrogen-bond donors (Lipinski definition) is 2. The second kappa shape index (κ2) is 5.34. The lowest BCUT2D eigenvalue weighted by molar-refractivity contribution is 0.102. The van der Waals surface area contributed by atoms with E-state index in [0.717, 1.165) is 0 Å². The first-order valence-electron chi connectivity index (χ1n) is 5.70. The predicted octanol–water partition coefficient (Wildman–Crippen LogP) is 1.87. The van der Waals surface area contributed by atoms with E-state index in [2.05, 4.69) is 15.6 Å². The summed E-state index contributed by atoms with van der Waals surface area (Å²) in [5.41, 5.74) is 2.16. The van der Waals surface area contributed by atoms with Gasteiger partial charge in [-0.2, -0.15) is 5.10 Å². The first-order valence-corrected chi connectivity index (χ1v) is 5.70. The van der Waals surface area contributed by atoms with Gasteiger partial charge in [0.1, 0.15) is 0 Å². The number of aryl methyl sites for hydroxylation is 1. The molecule has 0 unspecified atom stereocenters. The molecule has 1 heterocycles. The van der Waals surface area contributed by atoms with Crippen molar-refractivity contribution in [1.29, 1.82) is 0 Å². The van der Waals surface area contributed by atoms with Crippen LogP contribution in [0.25, 0.3) is 0 Å². The molecule has 2 rings (SSSR count). The van der Waals surface area contributed by atoms with E-state index in [0.29, 0.717) is 22.5 Å². The lowest BCUT2D eigenvalue weighted by Gasteiger charge is -2.09. The van der Waals surface area contributed by atoms with Crippen LogP contribution in [0.3, 0.4) is 0 Å². The summed E-state index contributed by atoms with van der Waals surface area (Å²) in [6.07, 6.45) is 3.12. The summed E-state index contributed by atoms with van der Waals surface area (Å²) in [6.45, 7) is 1.66. The zero-order valence-electron chi connectivity index (χ0n) is 10.7. The third kappa shape index (κ3) is 2.79. The lowest BCUT2D eigenvalue weighted by atomic mass is 10.1. The Morgan fingerprint density at radius 2 is 2.16 bits per heavy atom. The monoisotopic (exact) mass is 258 g/mol. The summed E-state index contributed by atoms with van der Waals surface area (Å²) in [5.74, 6) is -0.258. The van der Waals surface area contributed by atoms with Gasteiger partial charge in [-0.25, -0.2) is 0 Å². The van der Waals surface area contributed by atoms with E-state index in [4.69, 9.17) is 5.21 Å². The van der Waals surface area contributed by atoms with Crippen LogP contribution in [0.2, 0.25) is 0 Å². The number of anilines is 1. The first-order chi connectivity index (χ1) is 9.11. The maximum absolute atomic E-state index is 12.0. The standard InChI is InChI=1S/C13H14N4O2/c1-9(16-19)11-5-3-4-6-12(11)15-13(18)10-7-14-17(2)8-10/h3-8,19H,1-2H3,(H,15,18)/b16-9+. The van der Waals surface area contributed by atoms with Gasteiger partial charge in [-0.1, -0.05) is 23.4 Å². The third-order valence-electron chi connectivity index (χ3n) is 2.68. The van der Waals surface area contributed by atoms with Crippen molar-refractivity contribution in [3.8, 4) is 0 Å². The van der Waals surface area contributed by atoms with E-state index < -0.39 is 0 Å². The fourth-order valence-corrected chi connectivity index (χ4v) is 1.69. The minimum atomic E-state index is -0.258. The minimum Gasteiger partial charge on any atom is -0.411 e. The zero-order valence-corrected chi connectivity index (χ0v) is 10.7. The van der Waals surface area contributed by atoms with Crippen molar-refractivity contribution in [2.75, 3.05) is 5.32 Å². The van der Waals surface area contributed by atoms with Crippen LogP contribution in [0.4, 0.5) is 5.69 Å². The SMILES string of the molecule is C/C(=N\O)c1ccccc1NC(=O)c1cnn(C)c1. The number of hydrogen-bond acceptors (Lipinski definition) is 4. The zero-order chi connectivity index (χ0) is 13.8. The van der Waals surface area contributed by atoms with Gasteiger partial charge in [-0.3, -0.25) is 9.48 Å². The highest BCUT2D eigenvalue weighted by atomic mass is 16.4. The van der Waals surface area contributed by atoms with Gasteiger partial charge >= 0.3 is 0 Å². The number of carbonyl (C=O) groups excluding carboxylic acids is 1. The van der Waals surface area contributed by atoms with Gasteiger partial charge in [0.05, 0.1) is 23.2 Å². The van der Waals surface area contributed by atoms with Crippen LogP contribution in [0.5, 0.6) is 0 Å². The third-order valence-corrected chi connectivity index (χ3v) is 2.68. The van der Waals surface area contributed by atoms with Gasteiger partial charge in [-0.15, -0.1) is 0 Å². The number of nitrogens with zero attached hydrogens (tertiary/aromatic N) is 3. The van der Waals surface area contributed by atoms with Gasteiger partial charge < -0.3 is 10.5 Å². The maximum atomic E-state index is 12.0. The summed E-state index contributed by atoms with van der Waals surface area (Å²) < 4.78 is 1.56. The summed E-state index contributed by atoms with van der Waals surface area (Å²) >= 11 is 0. The van der Waals surface area contributed by atoms with E-state index in [1.807, 2.05) is 6.07 Å². The van der Waals surface area contributed by atoms with Gasteiger partial charge in [0.2, 0.25) is 0 Å². The van der Waals surface area contributed by atoms with Crippen molar-refractivity contribution < 1.29 is 10.0 Å². The Hall–Kier alpha value is -2.63. The normalized spacial score (nSPS) is 11.4. The molecule has 2 N–H and O–H groups in total. The maximum Gasteiger partial charge on any atom is 0.258 e.